The van der Waals surface area contributed by atoms with Crippen molar-refractivity contribution in [2.75, 3.05) is 6.54 Å². The Kier molecular flexibility index (Phi) is 7.32. The normalized spacial score (nSPS) is 24.0. The Bertz CT molecular complexity index is 562. The van der Waals surface area contributed by atoms with Gasteiger partial charge in [0.15, 0.2) is 0 Å². The standard InChI is InChI=1S/C18H26N2O6/c19-14(3-1-2-4-17(23)26-18(24)25)13-7-5-12(6-8-13)11-20-15(21)9-10-16(20)22/h9-10,12-14H,1-8,11,19H2,(H,24,25). The zero-order valence-electron chi connectivity index (χ0n) is 14.8. The third-order valence-electron chi connectivity index (χ3n) is 5.21. The topological polar surface area (TPSA) is 127 Å². The Hall–Kier alpha value is -2.22. The molecule has 0 bridgehead atoms. The minimum Gasteiger partial charge on any atom is -0.449 e. The quantitative estimate of drug-likeness (QED) is 0.290. The van der Waals surface area contributed by atoms with Crippen LogP contribution in [-0.4, -0.2) is 46.5 Å². The van der Waals surface area contributed by atoms with Crippen LogP contribution in [0.25, 0.3) is 0 Å². The van der Waals surface area contributed by atoms with Gasteiger partial charge in [-0.25, -0.2) is 4.79 Å². The highest BCUT2D eigenvalue weighted by molar-refractivity contribution is 6.12. The van der Waals surface area contributed by atoms with Crippen LogP contribution in [0.5, 0.6) is 0 Å². The first-order valence-corrected chi connectivity index (χ1v) is 9.09. The molecule has 0 saturated heterocycles. The fourth-order valence-electron chi connectivity index (χ4n) is 3.70. The van der Waals surface area contributed by atoms with E-state index in [1.807, 2.05) is 0 Å². The van der Waals surface area contributed by atoms with E-state index in [9.17, 15) is 19.2 Å². The number of rotatable bonds is 8. The molecule has 8 heteroatoms. The average molecular weight is 366 g/mol. The molecule has 1 saturated carbocycles. The number of unbranched alkanes of at least 4 members (excludes halogenated alkanes) is 1. The average Bonchev–Trinajstić information content (AvgIpc) is 2.90. The number of ether oxygens (including phenoxy) is 1. The van der Waals surface area contributed by atoms with E-state index in [-0.39, 0.29) is 24.3 Å². The molecule has 1 heterocycles. The van der Waals surface area contributed by atoms with Crippen molar-refractivity contribution in [2.45, 2.75) is 57.4 Å². The van der Waals surface area contributed by atoms with Crippen molar-refractivity contribution in [3.8, 4) is 0 Å². The first kappa shape index (κ1) is 20.1. The maximum atomic E-state index is 11.6. The second kappa shape index (κ2) is 9.47. The highest BCUT2D eigenvalue weighted by atomic mass is 16.7. The molecule has 1 fully saturated rings. The van der Waals surface area contributed by atoms with Crippen molar-refractivity contribution in [2.24, 2.45) is 17.6 Å². The predicted molar refractivity (Wildman–Crippen MR) is 91.9 cm³/mol. The highest BCUT2D eigenvalue weighted by Gasteiger charge is 2.30. The second-order valence-electron chi connectivity index (χ2n) is 7.05. The molecule has 0 aromatic rings. The van der Waals surface area contributed by atoms with Gasteiger partial charge < -0.3 is 15.6 Å². The van der Waals surface area contributed by atoms with E-state index in [2.05, 4.69) is 4.74 Å². The fraction of sp³-hybridized carbons (Fsp3) is 0.667. The van der Waals surface area contributed by atoms with Gasteiger partial charge in [-0.2, -0.15) is 0 Å². The third-order valence-corrected chi connectivity index (χ3v) is 5.21. The SMILES string of the molecule is NC(CCCCC(=O)OC(=O)O)C1CCC(CN2C(=O)C=CC2=O)CC1. The predicted octanol–water partition coefficient (Wildman–Crippen LogP) is 1.83. The molecule has 0 spiro atoms. The van der Waals surface area contributed by atoms with Crippen molar-refractivity contribution in [3.63, 3.8) is 0 Å². The van der Waals surface area contributed by atoms with E-state index in [0.29, 0.717) is 24.8 Å². The van der Waals surface area contributed by atoms with Crippen molar-refractivity contribution in [3.05, 3.63) is 12.2 Å². The molecular formula is C18H26N2O6. The number of hydrogen-bond donors (Lipinski definition) is 2. The lowest BCUT2D eigenvalue weighted by molar-refractivity contribution is -0.139. The number of nitrogens with zero attached hydrogens (tertiary/aromatic N) is 1. The van der Waals surface area contributed by atoms with Gasteiger partial charge >= 0.3 is 12.1 Å². The molecule has 0 radical (unpaired) electrons. The molecule has 0 aromatic carbocycles. The molecule has 1 aliphatic heterocycles. The van der Waals surface area contributed by atoms with Crippen LogP contribution < -0.4 is 5.73 Å². The molecule has 8 nitrogen and oxygen atoms in total. The molecule has 2 amide bonds. The van der Waals surface area contributed by atoms with Gasteiger partial charge in [0, 0.05) is 31.2 Å². The van der Waals surface area contributed by atoms with Crippen molar-refractivity contribution in [1.82, 2.24) is 4.90 Å². The fourth-order valence-corrected chi connectivity index (χ4v) is 3.70. The van der Waals surface area contributed by atoms with Crippen LogP contribution in [0.2, 0.25) is 0 Å². The van der Waals surface area contributed by atoms with Crippen molar-refractivity contribution in [1.29, 1.82) is 0 Å². The summed E-state index contributed by atoms with van der Waals surface area (Å²) in [6.45, 7) is 0.484. The maximum absolute atomic E-state index is 11.6. The lowest BCUT2D eigenvalue weighted by Crippen LogP contribution is -2.38. The second-order valence-corrected chi connectivity index (χ2v) is 7.05. The smallest absolute Gasteiger partial charge is 0.449 e. The Morgan fingerprint density at radius 1 is 1.15 bits per heavy atom. The summed E-state index contributed by atoms with van der Waals surface area (Å²) in [6.07, 6.45) is 7.05. The lowest BCUT2D eigenvalue weighted by atomic mass is 9.77. The molecule has 0 aromatic heterocycles. The zero-order chi connectivity index (χ0) is 19.1. The van der Waals surface area contributed by atoms with E-state index in [1.54, 1.807) is 0 Å². The van der Waals surface area contributed by atoms with Crippen LogP contribution in [0, 0.1) is 11.8 Å². The van der Waals surface area contributed by atoms with E-state index in [1.165, 1.54) is 17.1 Å². The van der Waals surface area contributed by atoms with Crippen molar-refractivity contribution >= 4 is 23.9 Å². The summed E-state index contributed by atoms with van der Waals surface area (Å²) in [4.78, 5) is 45.9. The molecule has 144 valence electrons. The molecule has 1 unspecified atom stereocenters. The molecular weight excluding hydrogens is 340 g/mol. The Morgan fingerprint density at radius 2 is 1.77 bits per heavy atom. The van der Waals surface area contributed by atoms with Crippen LogP contribution in [0.4, 0.5) is 4.79 Å². The summed E-state index contributed by atoms with van der Waals surface area (Å²) in [6, 6.07) is 0.0446. The van der Waals surface area contributed by atoms with Gasteiger partial charge in [-0.3, -0.25) is 19.3 Å². The van der Waals surface area contributed by atoms with Gasteiger partial charge in [-0.05, 0) is 50.4 Å². The minimum atomic E-state index is -1.57. The summed E-state index contributed by atoms with van der Waals surface area (Å²) >= 11 is 0. The minimum absolute atomic E-state index is 0.0446. The number of carbonyl (C=O) groups is 4. The molecule has 1 aliphatic carbocycles. The summed E-state index contributed by atoms with van der Waals surface area (Å²) in [7, 11) is 0. The summed E-state index contributed by atoms with van der Waals surface area (Å²) < 4.78 is 4.05. The zero-order valence-corrected chi connectivity index (χ0v) is 14.8. The number of carbonyl (C=O) groups excluding carboxylic acids is 3. The monoisotopic (exact) mass is 366 g/mol. The largest absolute Gasteiger partial charge is 0.513 e. The van der Waals surface area contributed by atoms with Gasteiger partial charge in [0.2, 0.25) is 0 Å². The van der Waals surface area contributed by atoms with Crippen LogP contribution in [0.15, 0.2) is 12.2 Å². The number of nitrogens with two attached hydrogens (primary N) is 1. The van der Waals surface area contributed by atoms with Crippen molar-refractivity contribution < 1.29 is 29.0 Å². The van der Waals surface area contributed by atoms with Gasteiger partial charge in [0.05, 0.1) is 0 Å². The van der Waals surface area contributed by atoms with Gasteiger partial charge in [-0.15, -0.1) is 0 Å². The molecule has 3 N–H and O–H groups in total. The third kappa shape index (κ3) is 5.94. The molecule has 2 aliphatic rings. The van der Waals surface area contributed by atoms with Crippen LogP contribution in [-0.2, 0) is 19.1 Å². The molecule has 2 rings (SSSR count). The number of carboxylic acid groups (broad SMARTS) is 1. The number of imide groups is 1. The van der Waals surface area contributed by atoms with E-state index < -0.39 is 12.1 Å². The van der Waals surface area contributed by atoms with Gasteiger partial charge in [-0.1, -0.05) is 6.42 Å². The molecule has 1 atom stereocenters. The Labute approximate surface area is 152 Å². The van der Waals surface area contributed by atoms with Gasteiger partial charge in [0.25, 0.3) is 11.8 Å². The Morgan fingerprint density at radius 3 is 2.35 bits per heavy atom. The summed E-state index contributed by atoms with van der Waals surface area (Å²) in [5.41, 5.74) is 6.26. The Balaban J connectivity index is 1.61. The van der Waals surface area contributed by atoms with Crippen LogP contribution >= 0.6 is 0 Å². The van der Waals surface area contributed by atoms with Gasteiger partial charge in [0.1, 0.15) is 0 Å². The first-order chi connectivity index (χ1) is 12.4. The van der Waals surface area contributed by atoms with E-state index in [4.69, 9.17) is 10.8 Å². The first-order valence-electron chi connectivity index (χ1n) is 9.09. The maximum Gasteiger partial charge on any atom is 0.513 e. The number of esters is 1. The lowest BCUT2D eigenvalue weighted by Gasteiger charge is -2.33. The molecule has 26 heavy (non-hydrogen) atoms. The summed E-state index contributed by atoms with van der Waals surface area (Å²) in [5.74, 6) is -0.449. The van der Waals surface area contributed by atoms with E-state index >= 15 is 0 Å². The van der Waals surface area contributed by atoms with Crippen LogP contribution in [0.1, 0.15) is 51.4 Å². The number of amides is 2. The summed E-state index contributed by atoms with van der Waals surface area (Å²) in [5, 5.41) is 8.33. The highest BCUT2D eigenvalue weighted by Crippen LogP contribution is 2.32. The van der Waals surface area contributed by atoms with E-state index in [0.717, 1.165) is 38.5 Å². The number of hydrogen-bond acceptors (Lipinski definition) is 6. The van der Waals surface area contributed by atoms with Crippen LogP contribution in [0.3, 0.4) is 0 Å².